The maximum Gasteiger partial charge on any atom is 0.342 e. The molecular weight excluding hydrogens is 473 g/mol. The monoisotopic (exact) mass is 495 g/mol. The maximum atomic E-state index is 13.2. The number of carboxylic acid groups (broad SMARTS) is 1. The average molecular weight is 496 g/mol. The van der Waals surface area contributed by atoms with Crippen LogP contribution < -0.4 is 5.32 Å². The van der Waals surface area contributed by atoms with Crippen LogP contribution >= 0.6 is 34.5 Å². The van der Waals surface area contributed by atoms with E-state index in [0.29, 0.717) is 26.2 Å². The van der Waals surface area contributed by atoms with Crippen molar-refractivity contribution in [3.63, 3.8) is 0 Å². The Morgan fingerprint density at radius 1 is 1.12 bits per heavy atom. The topological polar surface area (TPSA) is 92.7 Å². The summed E-state index contributed by atoms with van der Waals surface area (Å²) in [6.45, 7) is 3.48. The molecule has 0 unspecified atom stereocenters. The van der Waals surface area contributed by atoms with E-state index in [0.717, 1.165) is 19.3 Å². The Morgan fingerprint density at radius 2 is 1.81 bits per heavy atom. The fraction of sp³-hybridized carbons (Fsp3) is 0.435. The van der Waals surface area contributed by atoms with Gasteiger partial charge in [-0.05, 0) is 57.1 Å². The van der Waals surface area contributed by atoms with Gasteiger partial charge in [0.1, 0.15) is 10.6 Å². The highest BCUT2D eigenvalue weighted by atomic mass is 35.5. The number of ether oxygens (including phenoxy) is 1. The Morgan fingerprint density at radius 3 is 2.44 bits per heavy atom. The van der Waals surface area contributed by atoms with E-state index in [1.165, 1.54) is 11.3 Å². The predicted molar refractivity (Wildman–Crippen MR) is 124 cm³/mol. The van der Waals surface area contributed by atoms with E-state index in [-0.39, 0.29) is 29.4 Å². The van der Waals surface area contributed by atoms with Crippen LogP contribution in [-0.4, -0.2) is 29.1 Å². The predicted octanol–water partition coefficient (Wildman–Crippen LogP) is 5.97. The lowest BCUT2D eigenvalue weighted by molar-refractivity contribution is -0.148. The highest BCUT2D eigenvalue weighted by molar-refractivity contribution is 7.15. The van der Waals surface area contributed by atoms with Gasteiger partial charge in [0.2, 0.25) is 5.91 Å². The second-order valence-electron chi connectivity index (χ2n) is 8.64. The van der Waals surface area contributed by atoms with Gasteiger partial charge in [0, 0.05) is 26.6 Å². The van der Waals surface area contributed by atoms with Crippen LogP contribution in [0.3, 0.4) is 0 Å². The molecule has 0 aliphatic heterocycles. The number of aliphatic carboxylic acids is 1. The van der Waals surface area contributed by atoms with Gasteiger partial charge in [0.25, 0.3) is 0 Å². The van der Waals surface area contributed by atoms with Gasteiger partial charge < -0.3 is 15.2 Å². The van der Waals surface area contributed by atoms with Gasteiger partial charge in [-0.25, -0.2) is 4.79 Å². The first kappa shape index (κ1) is 23.1. The van der Waals surface area contributed by atoms with Gasteiger partial charge in [-0.3, -0.25) is 9.59 Å². The number of hydrogen-bond donors (Lipinski definition) is 2. The van der Waals surface area contributed by atoms with Crippen molar-refractivity contribution in [1.82, 2.24) is 0 Å². The molecule has 2 aliphatic rings. The highest BCUT2D eigenvalue weighted by Gasteiger charge is 2.54. The van der Waals surface area contributed by atoms with Crippen LogP contribution in [-0.2, 0) is 14.3 Å². The van der Waals surface area contributed by atoms with Crippen molar-refractivity contribution in [1.29, 1.82) is 0 Å². The van der Waals surface area contributed by atoms with Crippen molar-refractivity contribution >= 4 is 57.4 Å². The number of amides is 1. The smallest absolute Gasteiger partial charge is 0.342 e. The normalized spacial score (nSPS) is 24.0. The number of carbonyl (C=O) groups excluding carboxylic acids is 2. The first-order valence-corrected chi connectivity index (χ1v) is 12.1. The Bertz CT molecular complexity index is 1080. The van der Waals surface area contributed by atoms with E-state index in [1.807, 2.05) is 0 Å². The lowest BCUT2D eigenvalue weighted by atomic mass is 9.78. The molecule has 1 amide bonds. The van der Waals surface area contributed by atoms with Crippen LogP contribution in [0.1, 0.15) is 43.5 Å². The van der Waals surface area contributed by atoms with Crippen molar-refractivity contribution in [2.75, 3.05) is 5.32 Å². The molecule has 0 spiro atoms. The molecule has 2 fully saturated rings. The molecule has 1 aromatic heterocycles. The third-order valence-corrected chi connectivity index (χ3v) is 7.74. The van der Waals surface area contributed by atoms with E-state index in [1.54, 1.807) is 37.4 Å². The van der Waals surface area contributed by atoms with Crippen LogP contribution in [0.5, 0.6) is 0 Å². The van der Waals surface area contributed by atoms with Crippen LogP contribution in [0, 0.1) is 23.7 Å². The number of fused-ring (bicyclic) bond motifs is 2. The molecule has 170 valence electrons. The molecule has 2 N–H and O–H groups in total. The molecule has 6 nitrogen and oxygen atoms in total. The molecule has 2 aromatic rings. The van der Waals surface area contributed by atoms with Gasteiger partial charge in [-0.1, -0.05) is 29.3 Å². The van der Waals surface area contributed by atoms with Crippen molar-refractivity contribution < 1.29 is 24.2 Å². The third kappa shape index (κ3) is 4.26. The molecule has 4 rings (SSSR count). The minimum atomic E-state index is -0.934. The second kappa shape index (κ2) is 9.04. The fourth-order valence-corrected chi connectivity index (χ4v) is 6.51. The van der Waals surface area contributed by atoms with Gasteiger partial charge >= 0.3 is 11.9 Å². The zero-order chi connectivity index (χ0) is 23.2. The van der Waals surface area contributed by atoms with Crippen molar-refractivity contribution in [3.05, 3.63) is 39.2 Å². The van der Waals surface area contributed by atoms with Crippen LogP contribution in [0.2, 0.25) is 10.0 Å². The molecular formula is C23H23Cl2NO5S. The van der Waals surface area contributed by atoms with Gasteiger partial charge in [0.15, 0.2) is 0 Å². The molecule has 2 bridgehead atoms. The van der Waals surface area contributed by atoms with E-state index < -0.39 is 23.8 Å². The number of esters is 1. The number of nitrogens with one attached hydrogen (secondary N) is 1. The SMILES string of the molecule is CC(C)OC(=O)c1c(-c2ccc(Cl)cc2Cl)csc1NC(=O)[C@@H]1[C@@H]2CC[C@@H](C2)[C@@H]1C(=O)O. The number of thiophene rings is 1. The van der Waals surface area contributed by atoms with Gasteiger partial charge in [-0.15, -0.1) is 11.3 Å². The standard InChI is InChI=1S/C23H23Cl2NO5S/c1-10(2)31-23(30)19-15(14-6-5-13(24)8-16(14)25)9-32-21(19)26-20(27)17-11-3-4-12(7-11)18(17)22(28)29/h5-6,8-12,17-18H,3-4,7H2,1-2H3,(H,26,27)(H,28,29)/t11-,12+,17-,18+/m1/s1. The summed E-state index contributed by atoms with van der Waals surface area (Å²) in [4.78, 5) is 38.0. The zero-order valence-electron chi connectivity index (χ0n) is 17.6. The Balaban J connectivity index is 1.69. The van der Waals surface area contributed by atoms with E-state index in [2.05, 4.69) is 5.32 Å². The highest BCUT2D eigenvalue weighted by Crippen LogP contribution is 2.53. The van der Waals surface area contributed by atoms with Crippen LogP contribution in [0.25, 0.3) is 11.1 Å². The Labute approximate surface area is 199 Å². The first-order chi connectivity index (χ1) is 15.2. The third-order valence-electron chi connectivity index (χ3n) is 6.30. The number of carbonyl (C=O) groups is 3. The minimum Gasteiger partial charge on any atom is -0.481 e. The summed E-state index contributed by atoms with van der Waals surface area (Å²) in [6, 6.07) is 4.96. The molecule has 1 heterocycles. The minimum absolute atomic E-state index is 0.0328. The summed E-state index contributed by atoms with van der Waals surface area (Å²) in [5.41, 5.74) is 1.32. The quantitative estimate of drug-likeness (QED) is 0.481. The number of halogens is 2. The molecule has 2 aliphatic carbocycles. The van der Waals surface area contributed by atoms with E-state index in [4.69, 9.17) is 27.9 Å². The molecule has 0 radical (unpaired) electrons. The summed E-state index contributed by atoms with van der Waals surface area (Å²) >= 11 is 13.6. The maximum absolute atomic E-state index is 13.2. The number of carboxylic acids is 1. The Kier molecular flexibility index (Phi) is 6.52. The summed E-state index contributed by atoms with van der Waals surface area (Å²) in [5, 5.41) is 15.4. The van der Waals surface area contributed by atoms with Gasteiger partial charge in [-0.2, -0.15) is 0 Å². The van der Waals surface area contributed by atoms with E-state index in [9.17, 15) is 19.5 Å². The number of benzene rings is 1. The molecule has 0 saturated heterocycles. The lowest BCUT2D eigenvalue weighted by Crippen LogP contribution is -2.38. The molecule has 2 saturated carbocycles. The van der Waals surface area contributed by atoms with Crippen molar-refractivity contribution in [2.45, 2.75) is 39.2 Å². The molecule has 1 aromatic carbocycles. The zero-order valence-corrected chi connectivity index (χ0v) is 19.9. The number of rotatable bonds is 6. The van der Waals surface area contributed by atoms with Crippen LogP contribution in [0.4, 0.5) is 5.00 Å². The lowest BCUT2D eigenvalue weighted by Gasteiger charge is -2.27. The number of hydrogen-bond acceptors (Lipinski definition) is 5. The summed E-state index contributed by atoms with van der Waals surface area (Å²) in [5.74, 6) is -3.09. The fourth-order valence-electron chi connectivity index (χ4n) is 5.05. The number of anilines is 1. The van der Waals surface area contributed by atoms with Crippen molar-refractivity contribution in [3.8, 4) is 11.1 Å². The van der Waals surface area contributed by atoms with Crippen molar-refractivity contribution in [2.24, 2.45) is 23.7 Å². The largest absolute Gasteiger partial charge is 0.481 e. The second-order valence-corrected chi connectivity index (χ2v) is 10.4. The van der Waals surface area contributed by atoms with Crippen LogP contribution in [0.15, 0.2) is 23.6 Å². The summed E-state index contributed by atoms with van der Waals surface area (Å²) < 4.78 is 5.43. The van der Waals surface area contributed by atoms with Gasteiger partial charge in [0.05, 0.1) is 17.9 Å². The average Bonchev–Trinajstić information content (AvgIpc) is 3.41. The molecule has 32 heavy (non-hydrogen) atoms. The van der Waals surface area contributed by atoms with E-state index >= 15 is 0 Å². The Hall–Kier alpha value is -2.09. The summed E-state index contributed by atoms with van der Waals surface area (Å²) in [6.07, 6.45) is 2.09. The summed E-state index contributed by atoms with van der Waals surface area (Å²) in [7, 11) is 0. The first-order valence-electron chi connectivity index (χ1n) is 10.5. The molecule has 9 heteroatoms. The molecule has 4 atom stereocenters.